The monoisotopic (exact) mass is 169 g/mol. The van der Waals surface area contributed by atoms with Crippen molar-refractivity contribution in [1.82, 2.24) is 10.2 Å². The van der Waals surface area contributed by atoms with Gasteiger partial charge in [-0.2, -0.15) is 0 Å². The first kappa shape index (κ1) is 9.52. The number of hydrogen-bond donors (Lipinski definition) is 0. The summed E-state index contributed by atoms with van der Waals surface area (Å²) in [5, 5.41) is 4.05. The summed E-state index contributed by atoms with van der Waals surface area (Å²) < 4.78 is 0. The fourth-order valence-corrected chi connectivity index (χ4v) is 1.38. The summed E-state index contributed by atoms with van der Waals surface area (Å²) in [4.78, 5) is 13.2. The standard InChI is InChI=1S/C9H17N2O/c1-2-3-4-6-11-7-5-10-8-9(11)12/h2-8H2,1H3. The van der Waals surface area contributed by atoms with Crippen molar-refractivity contribution in [3.63, 3.8) is 0 Å². The smallest absolute Gasteiger partial charge is 0.238 e. The first-order valence-corrected chi connectivity index (χ1v) is 4.75. The molecule has 69 valence electrons. The summed E-state index contributed by atoms with van der Waals surface area (Å²) >= 11 is 0. The predicted octanol–water partition coefficient (Wildman–Crippen LogP) is 0.623. The van der Waals surface area contributed by atoms with Gasteiger partial charge < -0.3 is 4.90 Å². The summed E-state index contributed by atoms with van der Waals surface area (Å²) in [6, 6.07) is 0. The largest absolute Gasteiger partial charge is 0.340 e. The van der Waals surface area contributed by atoms with E-state index in [0.29, 0.717) is 6.54 Å². The van der Waals surface area contributed by atoms with Gasteiger partial charge in [0.05, 0.1) is 6.54 Å². The summed E-state index contributed by atoms with van der Waals surface area (Å²) in [6.45, 7) is 5.18. The Morgan fingerprint density at radius 2 is 2.33 bits per heavy atom. The fraction of sp³-hybridized carbons (Fsp3) is 0.889. The van der Waals surface area contributed by atoms with Crippen LogP contribution < -0.4 is 5.32 Å². The summed E-state index contributed by atoms with van der Waals surface area (Å²) in [5.74, 6) is 0.206. The molecule has 1 heterocycles. The first-order valence-electron chi connectivity index (χ1n) is 4.75. The average molecular weight is 169 g/mol. The molecule has 0 unspecified atom stereocenters. The lowest BCUT2D eigenvalue weighted by molar-refractivity contribution is -0.132. The Morgan fingerprint density at radius 3 is 3.00 bits per heavy atom. The molecule has 0 aromatic rings. The van der Waals surface area contributed by atoms with Gasteiger partial charge in [-0.25, -0.2) is 5.32 Å². The van der Waals surface area contributed by atoms with Crippen LogP contribution in [0.15, 0.2) is 0 Å². The summed E-state index contributed by atoms with van der Waals surface area (Å²) in [7, 11) is 0. The van der Waals surface area contributed by atoms with E-state index in [4.69, 9.17) is 0 Å². The summed E-state index contributed by atoms with van der Waals surface area (Å²) in [6.07, 6.45) is 3.58. The van der Waals surface area contributed by atoms with Gasteiger partial charge in [-0.05, 0) is 6.42 Å². The predicted molar refractivity (Wildman–Crippen MR) is 48.0 cm³/mol. The van der Waals surface area contributed by atoms with E-state index in [1.165, 1.54) is 12.8 Å². The molecule has 0 bridgehead atoms. The molecule has 0 aliphatic carbocycles. The maximum absolute atomic E-state index is 11.2. The Bertz CT molecular complexity index is 147. The number of hydrogen-bond acceptors (Lipinski definition) is 1. The first-order chi connectivity index (χ1) is 5.84. The molecule has 12 heavy (non-hydrogen) atoms. The number of rotatable bonds is 4. The van der Waals surface area contributed by atoms with Gasteiger partial charge in [-0.3, -0.25) is 4.79 Å². The van der Waals surface area contributed by atoms with Gasteiger partial charge in [0.25, 0.3) is 0 Å². The van der Waals surface area contributed by atoms with E-state index in [1.54, 1.807) is 0 Å². The maximum atomic E-state index is 11.2. The van der Waals surface area contributed by atoms with Gasteiger partial charge in [0.1, 0.15) is 0 Å². The molecule has 1 saturated heterocycles. The lowest BCUT2D eigenvalue weighted by atomic mass is 10.2. The molecule has 1 fully saturated rings. The molecule has 0 N–H and O–H groups in total. The van der Waals surface area contributed by atoms with E-state index in [9.17, 15) is 4.79 Å². The van der Waals surface area contributed by atoms with Gasteiger partial charge in [0.15, 0.2) is 0 Å². The minimum absolute atomic E-state index is 0.206. The van der Waals surface area contributed by atoms with Crippen LogP contribution in [-0.4, -0.2) is 37.0 Å². The number of amides is 1. The molecule has 3 heteroatoms. The van der Waals surface area contributed by atoms with Crippen molar-refractivity contribution < 1.29 is 4.79 Å². The number of carbonyl (C=O) groups excluding carboxylic acids is 1. The van der Waals surface area contributed by atoms with Crippen molar-refractivity contribution in [2.24, 2.45) is 0 Å². The van der Waals surface area contributed by atoms with Crippen LogP contribution in [0.1, 0.15) is 26.2 Å². The Kier molecular flexibility index (Phi) is 4.08. The van der Waals surface area contributed by atoms with Crippen molar-refractivity contribution in [3.8, 4) is 0 Å². The highest BCUT2D eigenvalue weighted by Gasteiger charge is 2.16. The molecular formula is C9H17N2O. The minimum atomic E-state index is 0.206. The Hall–Kier alpha value is -0.570. The highest BCUT2D eigenvalue weighted by molar-refractivity contribution is 5.78. The van der Waals surface area contributed by atoms with Crippen LogP contribution in [0, 0.1) is 0 Å². The van der Waals surface area contributed by atoms with Gasteiger partial charge in [0.2, 0.25) is 5.91 Å². The molecule has 1 aliphatic rings. The zero-order valence-electron chi connectivity index (χ0n) is 7.75. The minimum Gasteiger partial charge on any atom is -0.340 e. The zero-order valence-corrected chi connectivity index (χ0v) is 7.75. The zero-order chi connectivity index (χ0) is 8.81. The lowest BCUT2D eigenvalue weighted by Gasteiger charge is -2.26. The van der Waals surface area contributed by atoms with Gasteiger partial charge in [-0.1, -0.05) is 19.8 Å². The number of unbranched alkanes of at least 4 members (excludes halogenated alkanes) is 2. The Morgan fingerprint density at radius 1 is 1.50 bits per heavy atom. The van der Waals surface area contributed by atoms with Crippen LogP contribution >= 0.6 is 0 Å². The molecule has 0 spiro atoms. The topological polar surface area (TPSA) is 34.4 Å². The SMILES string of the molecule is CCCCCN1CC[N]CC1=O. The molecular weight excluding hydrogens is 152 g/mol. The normalized spacial score (nSPS) is 18.4. The third kappa shape index (κ3) is 2.81. The lowest BCUT2D eigenvalue weighted by Crippen LogP contribution is -2.45. The number of nitrogens with zero attached hydrogens (tertiary/aromatic N) is 2. The molecule has 0 aromatic heterocycles. The highest BCUT2D eigenvalue weighted by atomic mass is 16.2. The summed E-state index contributed by atoms with van der Waals surface area (Å²) in [5.41, 5.74) is 0. The van der Waals surface area contributed by atoms with Gasteiger partial charge >= 0.3 is 0 Å². The molecule has 1 amide bonds. The van der Waals surface area contributed by atoms with E-state index >= 15 is 0 Å². The molecule has 0 aromatic carbocycles. The molecule has 1 aliphatic heterocycles. The van der Waals surface area contributed by atoms with Crippen molar-refractivity contribution >= 4 is 5.91 Å². The van der Waals surface area contributed by atoms with E-state index in [2.05, 4.69) is 12.2 Å². The van der Waals surface area contributed by atoms with Crippen LogP contribution in [0.4, 0.5) is 0 Å². The molecule has 1 rings (SSSR count). The third-order valence-corrected chi connectivity index (χ3v) is 2.16. The van der Waals surface area contributed by atoms with Crippen molar-refractivity contribution in [3.05, 3.63) is 0 Å². The number of carbonyl (C=O) groups is 1. The van der Waals surface area contributed by atoms with Crippen molar-refractivity contribution in [2.75, 3.05) is 26.2 Å². The van der Waals surface area contributed by atoms with Gasteiger partial charge in [-0.15, -0.1) is 0 Å². The van der Waals surface area contributed by atoms with Crippen molar-refractivity contribution in [1.29, 1.82) is 0 Å². The second kappa shape index (κ2) is 5.14. The Balaban J connectivity index is 2.16. The van der Waals surface area contributed by atoms with Crippen LogP contribution in [0.25, 0.3) is 0 Å². The molecule has 3 nitrogen and oxygen atoms in total. The van der Waals surface area contributed by atoms with Crippen LogP contribution in [-0.2, 0) is 4.79 Å². The molecule has 0 atom stereocenters. The maximum Gasteiger partial charge on any atom is 0.238 e. The quantitative estimate of drug-likeness (QED) is 0.568. The molecule has 1 radical (unpaired) electrons. The Labute approximate surface area is 74.1 Å². The second-order valence-corrected chi connectivity index (χ2v) is 3.19. The van der Waals surface area contributed by atoms with E-state index in [1.807, 2.05) is 4.90 Å². The van der Waals surface area contributed by atoms with Crippen LogP contribution in [0.3, 0.4) is 0 Å². The average Bonchev–Trinajstić information content (AvgIpc) is 2.09. The van der Waals surface area contributed by atoms with Crippen molar-refractivity contribution in [2.45, 2.75) is 26.2 Å². The van der Waals surface area contributed by atoms with E-state index < -0.39 is 0 Å². The van der Waals surface area contributed by atoms with Crippen LogP contribution in [0.5, 0.6) is 0 Å². The second-order valence-electron chi connectivity index (χ2n) is 3.19. The van der Waals surface area contributed by atoms with E-state index in [-0.39, 0.29) is 5.91 Å². The third-order valence-electron chi connectivity index (χ3n) is 2.16. The fourth-order valence-electron chi connectivity index (χ4n) is 1.38. The van der Waals surface area contributed by atoms with Crippen LogP contribution in [0.2, 0.25) is 0 Å². The highest BCUT2D eigenvalue weighted by Crippen LogP contribution is 2.00. The van der Waals surface area contributed by atoms with Gasteiger partial charge in [0, 0.05) is 19.6 Å². The van der Waals surface area contributed by atoms with E-state index in [0.717, 1.165) is 26.1 Å². The molecule has 0 saturated carbocycles. The number of piperazine rings is 1.